The van der Waals surface area contributed by atoms with E-state index in [4.69, 9.17) is 32.7 Å². The number of anilines is 1. The van der Waals surface area contributed by atoms with Gasteiger partial charge in [0.1, 0.15) is 11.9 Å². The molecule has 1 amide bonds. The van der Waals surface area contributed by atoms with Gasteiger partial charge in [-0.2, -0.15) is 13.2 Å². The fourth-order valence-corrected chi connectivity index (χ4v) is 5.06. The first-order valence-electron chi connectivity index (χ1n) is 12.3. The van der Waals surface area contributed by atoms with Gasteiger partial charge >= 0.3 is 18.1 Å². The molecule has 0 spiro atoms. The number of halogens is 6. The van der Waals surface area contributed by atoms with Gasteiger partial charge in [-0.15, -0.1) is 0 Å². The van der Waals surface area contributed by atoms with Crippen molar-refractivity contribution in [2.24, 2.45) is 0 Å². The molecule has 0 radical (unpaired) electrons. The Kier molecular flexibility index (Phi) is 9.11. The number of benzene rings is 2. The van der Waals surface area contributed by atoms with Crippen LogP contribution in [-0.2, 0) is 14.3 Å². The van der Waals surface area contributed by atoms with Crippen LogP contribution in [0.2, 0.25) is 10.0 Å². The number of amides is 1. The monoisotopic (exact) mass is 605 g/mol. The molecule has 0 aliphatic carbocycles. The van der Waals surface area contributed by atoms with Gasteiger partial charge < -0.3 is 24.6 Å². The number of carbonyl (C=O) groups excluding carboxylic acids is 3. The van der Waals surface area contributed by atoms with Crippen LogP contribution in [0.15, 0.2) is 36.4 Å². The number of likely N-dealkylation sites (tertiary alicyclic amines) is 1. The molecule has 2 unspecified atom stereocenters. The molecule has 0 bridgehead atoms. The second-order valence-electron chi connectivity index (χ2n) is 9.52. The average molecular weight is 606 g/mol. The van der Waals surface area contributed by atoms with Crippen LogP contribution in [-0.4, -0.2) is 73.3 Å². The second kappa shape index (κ2) is 12.2. The first-order chi connectivity index (χ1) is 18.8. The SMILES string of the molecule is CC(=O)Oc1cc(Cl)c(F)cc1N1CC(NC2CCN(C(=O)c3ccc(Cl)cc3)CC2)C(OC(=O)C(F)(F)F)C1. The summed E-state index contributed by atoms with van der Waals surface area (Å²) in [5.74, 6) is -4.14. The minimum absolute atomic E-state index is 0.00899. The van der Waals surface area contributed by atoms with Gasteiger partial charge in [-0.25, -0.2) is 9.18 Å². The summed E-state index contributed by atoms with van der Waals surface area (Å²) in [5, 5.41) is 3.44. The number of piperidine rings is 1. The van der Waals surface area contributed by atoms with Crippen LogP contribution >= 0.6 is 23.2 Å². The lowest BCUT2D eigenvalue weighted by molar-refractivity contribution is -0.204. The fraction of sp³-hybridized carbons (Fsp3) is 0.423. The van der Waals surface area contributed by atoms with E-state index < -0.39 is 36.1 Å². The highest BCUT2D eigenvalue weighted by Crippen LogP contribution is 2.36. The van der Waals surface area contributed by atoms with Crippen LogP contribution in [0.25, 0.3) is 0 Å². The zero-order valence-electron chi connectivity index (χ0n) is 21.1. The predicted molar refractivity (Wildman–Crippen MR) is 138 cm³/mol. The standard InChI is InChI=1S/C26H25Cl2F4N3O5/c1-14(36)39-22-10-18(28)19(29)11-21(22)35-12-20(23(13-35)40-25(38)26(30,31)32)33-17-6-8-34(9-7-17)24(37)15-2-4-16(27)5-3-15/h2-5,10-11,17,20,23,33H,6-9,12-13H2,1H3. The van der Waals surface area contributed by atoms with Gasteiger partial charge in [0.05, 0.1) is 23.3 Å². The van der Waals surface area contributed by atoms with Crippen molar-refractivity contribution >= 4 is 46.7 Å². The molecular formula is C26H25Cl2F4N3O5. The Labute approximate surface area is 237 Å². The van der Waals surface area contributed by atoms with Gasteiger partial charge in [0.2, 0.25) is 0 Å². The molecule has 2 aliphatic rings. The molecule has 0 aromatic heterocycles. The number of nitrogens with one attached hydrogen (secondary N) is 1. The molecule has 0 saturated carbocycles. The topological polar surface area (TPSA) is 88.2 Å². The van der Waals surface area contributed by atoms with Gasteiger partial charge in [-0.05, 0) is 37.1 Å². The summed E-state index contributed by atoms with van der Waals surface area (Å²) in [7, 11) is 0. The first kappa shape index (κ1) is 29.9. The quantitative estimate of drug-likeness (QED) is 0.292. The number of alkyl halides is 3. The minimum Gasteiger partial charge on any atom is -0.452 e. The summed E-state index contributed by atoms with van der Waals surface area (Å²) < 4.78 is 63.4. The molecular weight excluding hydrogens is 581 g/mol. The van der Waals surface area contributed by atoms with Crippen molar-refractivity contribution in [1.29, 1.82) is 0 Å². The van der Waals surface area contributed by atoms with E-state index >= 15 is 0 Å². The number of esters is 2. The van der Waals surface area contributed by atoms with Gasteiger partial charge in [0.25, 0.3) is 5.91 Å². The molecule has 2 aromatic rings. The summed E-state index contributed by atoms with van der Waals surface area (Å²) >= 11 is 11.7. The van der Waals surface area contributed by atoms with Gasteiger partial charge in [0, 0.05) is 55.3 Å². The first-order valence-corrected chi connectivity index (χ1v) is 13.1. The maximum Gasteiger partial charge on any atom is 0.490 e. The molecule has 4 rings (SSSR count). The van der Waals surface area contributed by atoms with Crippen LogP contribution < -0.4 is 15.0 Å². The second-order valence-corrected chi connectivity index (χ2v) is 10.4. The number of ether oxygens (including phenoxy) is 2. The largest absolute Gasteiger partial charge is 0.490 e. The molecule has 2 aromatic carbocycles. The Morgan fingerprint density at radius 1 is 1.02 bits per heavy atom. The minimum atomic E-state index is -5.21. The molecule has 2 heterocycles. The number of hydrogen-bond acceptors (Lipinski definition) is 7. The fourth-order valence-electron chi connectivity index (χ4n) is 4.78. The zero-order chi connectivity index (χ0) is 29.2. The maximum absolute atomic E-state index is 14.3. The van der Waals surface area contributed by atoms with E-state index in [1.54, 1.807) is 29.2 Å². The lowest BCUT2D eigenvalue weighted by Gasteiger charge is -2.34. The smallest absolute Gasteiger partial charge is 0.452 e. The van der Waals surface area contributed by atoms with Crippen molar-refractivity contribution in [2.45, 2.75) is 44.1 Å². The van der Waals surface area contributed by atoms with E-state index in [1.165, 1.54) is 4.90 Å². The molecule has 40 heavy (non-hydrogen) atoms. The van der Waals surface area contributed by atoms with Crippen LogP contribution in [0.3, 0.4) is 0 Å². The van der Waals surface area contributed by atoms with Gasteiger partial charge in [-0.1, -0.05) is 23.2 Å². The highest BCUT2D eigenvalue weighted by molar-refractivity contribution is 6.31. The highest BCUT2D eigenvalue weighted by Gasteiger charge is 2.46. The van der Waals surface area contributed by atoms with Crippen LogP contribution in [0.4, 0.5) is 23.2 Å². The van der Waals surface area contributed by atoms with Crippen molar-refractivity contribution in [3.05, 3.63) is 57.8 Å². The third-order valence-electron chi connectivity index (χ3n) is 6.68. The van der Waals surface area contributed by atoms with Crippen LogP contribution in [0, 0.1) is 5.82 Å². The lowest BCUT2D eigenvalue weighted by Crippen LogP contribution is -2.52. The third kappa shape index (κ3) is 7.15. The number of hydrogen-bond donors (Lipinski definition) is 1. The van der Waals surface area contributed by atoms with E-state index in [0.717, 1.165) is 19.1 Å². The Morgan fingerprint density at radius 3 is 2.27 bits per heavy atom. The highest BCUT2D eigenvalue weighted by atomic mass is 35.5. The zero-order valence-corrected chi connectivity index (χ0v) is 22.7. The normalized spacial score (nSPS) is 20.0. The molecule has 216 valence electrons. The summed E-state index contributed by atoms with van der Waals surface area (Å²) in [4.78, 5) is 39.2. The third-order valence-corrected chi connectivity index (χ3v) is 7.22. The van der Waals surface area contributed by atoms with E-state index in [9.17, 15) is 31.9 Å². The molecule has 2 fully saturated rings. The van der Waals surface area contributed by atoms with E-state index in [2.05, 4.69) is 5.32 Å². The summed E-state index contributed by atoms with van der Waals surface area (Å²) in [6.45, 7) is 1.69. The molecule has 1 N–H and O–H groups in total. The summed E-state index contributed by atoms with van der Waals surface area (Å²) in [6.07, 6.45) is -5.49. The number of nitrogens with zero attached hydrogens (tertiary/aromatic N) is 2. The van der Waals surface area contributed by atoms with Crippen molar-refractivity contribution < 1.29 is 41.4 Å². The van der Waals surface area contributed by atoms with Gasteiger partial charge in [-0.3, -0.25) is 9.59 Å². The maximum atomic E-state index is 14.3. The lowest BCUT2D eigenvalue weighted by atomic mass is 10.0. The number of carbonyl (C=O) groups is 3. The van der Waals surface area contributed by atoms with E-state index in [1.807, 2.05) is 0 Å². The Hall–Kier alpha value is -3.09. The van der Waals surface area contributed by atoms with E-state index in [-0.39, 0.29) is 41.5 Å². The molecule has 8 nitrogen and oxygen atoms in total. The number of rotatable bonds is 6. The van der Waals surface area contributed by atoms with Crippen LogP contribution in [0.5, 0.6) is 5.75 Å². The molecule has 2 saturated heterocycles. The molecule has 2 atom stereocenters. The summed E-state index contributed by atoms with van der Waals surface area (Å²) in [6, 6.07) is 7.62. The Morgan fingerprint density at radius 2 is 1.68 bits per heavy atom. The van der Waals surface area contributed by atoms with Crippen molar-refractivity contribution in [3.8, 4) is 5.75 Å². The van der Waals surface area contributed by atoms with Gasteiger partial charge in [0.15, 0.2) is 5.75 Å². The molecule has 2 aliphatic heterocycles. The van der Waals surface area contributed by atoms with E-state index in [0.29, 0.717) is 36.5 Å². The molecule has 14 heteroatoms. The Bertz CT molecular complexity index is 1270. The van der Waals surface area contributed by atoms with Crippen molar-refractivity contribution in [1.82, 2.24) is 10.2 Å². The van der Waals surface area contributed by atoms with Crippen LogP contribution in [0.1, 0.15) is 30.1 Å². The Balaban J connectivity index is 1.48. The average Bonchev–Trinajstić information content (AvgIpc) is 3.27. The van der Waals surface area contributed by atoms with Crippen molar-refractivity contribution in [3.63, 3.8) is 0 Å². The predicted octanol–water partition coefficient (Wildman–Crippen LogP) is 4.61. The summed E-state index contributed by atoms with van der Waals surface area (Å²) in [5.41, 5.74) is 0.554. The van der Waals surface area contributed by atoms with Crippen molar-refractivity contribution in [2.75, 3.05) is 31.1 Å².